The summed E-state index contributed by atoms with van der Waals surface area (Å²) in [6.45, 7) is 8.48. The minimum absolute atomic E-state index is 0.0316. The van der Waals surface area contributed by atoms with Crippen LogP contribution in [0, 0.1) is 0 Å². The predicted molar refractivity (Wildman–Crippen MR) is 78.3 cm³/mol. The number of benzene rings is 1. The normalized spacial score (nSPS) is 12.4. The first-order valence-corrected chi connectivity index (χ1v) is 6.74. The molecule has 0 aromatic heterocycles. The predicted octanol–water partition coefficient (Wildman–Crippen LogP) is 3.27. The lowest BCUT2D eigenvalue weighted by Gasteiger charge is -2.26. The highest BCUT2D eigenvalue weighted by molar-refractivity contribution is 5.69. The average molecular weight is 261 g/mol. The number of nitrogens with zero attached hydrogens (tertiary/aromatic N) is 1. The average Bonchev–Trinajstić information content (AvgIpc) is 2.38. The van der Waals surface area contributed by atoms with E-state index < -0.39 is 5.97 Å². The highest BCUT2D eigenvalue weighted by atomic mass is 16.4. The van der Waals surface area contributed by atoms with Gasteiger partial charge in [0.1, 0.15) is 0 Å². The molecule has 19 heavy (non-hydrogen) atoms. The largest absolute Gasteiger partial charge is 0.480 e. The van der Waals surface area contributed by atoms with E-state index in [0.717, 1.165) is 18.4 Å². The quantitative estimate of drug-likeness (QED) is 0.730. The molecular weight excluding hydrogens is 238 g/mol. The Bertz CT molecular complexity index is 411. The van der Waals surface area contributed by atoms with Crippen LogP contribution in [0.15, 0.2) is 36.9 Å². The molecule has 3 nitrogen and oxygen atoms in total. The SMILES string of the molecule is C=CCN(CC(=O)O)C(C)c1ccc(CCC)cc1. The zero-order chi connectivity index (χ0) is 14.3. The first-order valence-electron chi connectivity index (χ1n) is 6.74. The van der Waals surface area contributed by atoms with Gasteiger partial charge >= 0.3 is 5.97 Å². The van der Waals surface area contributed by atoms with Crippen LogP contribution in [0.3, 0.4) is 0 Å². The molecule has 0 saturated carbocycles. The maximum Gasteiger partial charge on any atom is 0.317 e. The third kappa shape index (κ3) is 4.87. The topological polar surface area (TPSA) is 40.5 Å². The number of aliphatic carboxylic acids is 1. The molecule has 0 saturated heterocycles. The van der Waals surface area contributed by atoms with Crippen LogP contribution >= 0.6 is 0 Å². The zero-order valence-corrected chi connectivity index (χ0v) is 11.8. The van der Waals surface area contributed by atoms with E-state index in [1.165, 1.54) is 5.56 Å². The Balaban J connectivity index is 2.79. The summed E-state index contributed by atoms with van der Waals surface area (Å²) in [7, 11) is 0. The summed E-state index contributed by atoms with van der Waals surface area (Å²) >= 11 is 0. The van der Waals surface area contributed by atoms with Crippen LogP contribution < -0.4 is 0 Å². The molecule has 0 spiro atoms. The monoisotopic (exact) mass is 261 g/mol. The summed E-state index contributed by atoms with van der Waals surface area (Å²) in [5.74, 6) is -0.809. The summed E-state index contributed by atoms with van der Waals surface area (Å²) in [6.07, 6.45) is 3.96. The Morgan fingerprint density at radius 1 is 1.42 bits per heavy atom. The van der Waals surface area contributed by atoms with Crippen molar-refractivity contribution in [2.45, 2.75) is 32.7 Å². The van der Waals surface area contributed by atoms with Crippen molar-refractivity contribution in [3.05, 3.63) is 48.0 Å². The summed E-state index contributed by atoms with van der Waals surface area (Å²) in [5, 5.41) is 8.94. The molecule has 1 N–H and O–H groups in total. The Hall–Kier alpha value is -1.61. The lowest BCUT2D eigenvalue weighted by Crippen LogP contribution is -2.32. The zero-order valence-electron chi connectivity index (χ0n) is 11.8. The Morgan fingerprint density at radius 2 is 2.05 bits per heavy atom. The van der Waals surface area contributed by atoms with Crippen molar-refractivity contribution in [1.29, 1.82) is 0 Å². The third-order valence-electron chi connectivity index (χ3n) is 3.25. The molecule has 0 fully saturated rings. The van der Waals surface area contributed by atoms with Crippen LogP contribution in [0.2, 0.25) is 0 Å². The van der Waals surface area contributed by atoms with Gasteiger partial charge in [-0.25, -0.2) is 0 Å². The van der Waals surface area contributed by atoms with Gasteiger partial charge < -0.3 is 5.11 Å². The fraction of sp³-hybridized carbons (Fsp3) is 0.438. The van der Waals surface area contributed by atoms with Crippen LogP contribution in [0.4, 0.5) is 0 Å². The van der Waals surface area contributed by atoms with Crippen LogP contribution in [-0.4, -0.2) is 29.1 Å². The highest BCUT2D eigenvalue weighted by Gasteiger charge is 2.17. The van der Waals surface area contributed by atoms with Gasteiger partial charge in [-0.3, -0.25) is 9.69 Å². The summed E-state index contributed by atoms with van der Waals surface area (Å²) < 4.78 is 0. The van der Waals surface area contributed by atoms with Gasteiger partial charge in [0.05, 0.1) is 6.54 Å². The van der Waals surface area contributed by atoms with Gasteiger partial charge in [-0.05, 0) is 24.5 Å². The van der Waals surface area contributed by atoms with Crippen molar-refractivity contribution in [3.8, 4) is 0 Å². The molecule has 1 rings (SSSR count). The number of carbonyl (C=O) groups is 1. The standard InChI is InChI=1S/C16H23NO2/c1-4-6-14-7-9-15(10-8-14)13(3)17(11-5-2)12-16(18)19/h5,7-10,13H,2,4,6,11-12H2,1,3H3,(H,18,19). The molecule has 0 radical (unpaired) electrons. The van der Waals surface area contributed by atoms with Gasteiger partial charge in [-0.2, -0.15) is 0 Å². The molecule has 0 heterocycles. The van der Waals surface area contributed by atoms with Gasteiger partial charge in [-0.15, -0.1) is 6.58 Å². The summed E-state index contributed by atoms with van der Waals surface area (Å²) in [5.41, 5.74) is 2.47. The molecule has 1 unspecified atom stereocenters. The molecule has 0 aliphatic carbocycles. The lowest BCUT2D eigenvalue weighted by molar-refractivity contribution is -0.138. The van der Waals surface area contributed by atoms with Crippen LogP contribution in [0.5, 0.6) is 0 Å². The van der Waals surface area contributed by atoms with Crippen molar-refractivity contribution in [3.63, 3.8) is 0 Å². The maximum atomic E-state index is 10.9. The van der Waals surface area contributed by atoms with E-state index in [4.69, 9.17) is 5.11 Å². The van der Waals surface area contributed by atoms with E-state index in [9.17, 15) is 4.79 Å². The van der Waals surface area contributed by atoms with Gasteiger partial charge in [0, 0.05) is 12.6 Å². The lowest BCUT2D eigenvalue weighted by atomic mass is 10.0. The van der Waals surface area contributed by atoms with E-state index in [0.29, 0.717) is 6.54 Å². The van der Waals surface area contributed by atoms with E-state index in [2.05, 4.69) is 37.8 Å². The van der Waals surface area contributed by atoms with Crippen molar-refractivity contribution >= 4 is 5.97 Å². The van der Waals surface area contributed by atoms with E-state index >= 15 is 0 Å². The minimum Gasteiger partial charge on any atom is -0.480 e. The maximum absolute atomic E-state index is 10.9. The van der Waals surface area contributed by atoms with Gasteiger partial charge in [0.15, 0.2) is 0 Å². The van der Waals surface area contributed by atoms with Gasteiger partial charge in [0.25, 0.3) is 0 Å². The minimum atomic E-state index is -0.809. The highest BCUT2D eigenvalue weighted by Crippen LogP contribution is 2.20. The van der Waals surface area contributed by atoms with Crippen molar-refractivity contribution < 1.29 is 9.90 Å². The smallest absolute Gasteiger partial charge is 0.317 e. The molecule has 1 atom stereocenters. The summed E-state index contributed by atoms with van der Waals surface area (Å²) in [4.78, 5) is 12.8. The van der Waals surface area contributed by atoms with Crippen LogP contribution in [0.25, 0.3) is 0 Å². The molecule has 104 valence electrons. The summed E-state index contributed by atoms with van der Waals surface area (Å²) in [6, 6.07) is 8.51. The number of hydrogen-bond donors (Lipinski definition) is 1. The van der Waals surface area contributed by atoms with E-state index in [-0.39, 0.29) is 12.6 Å². The molecule has 1 aromatic rings. The Labute approximate surface area is 115 Å². The van der Waals surface area contributed by atoms with E-state index in [1.54, 1.807) is 6.08 Å². The van der Waals surface area contributed by atoms with Crippen LogP contribution in [0.1, 0.15) is 37.4 Å². The number of carboxylic acid groups (broad SMARTS) is 1. The number of carboxylic acids is 1. The van der Waals surface area contributed by atoms with Crippen molar-refractivity contribution in [2.75, 3.05) is 13.1 Å². The fourth-order valence-electron chi connectivity index (χ4n) is 2.16. The van der Waals surface area contributed by atoms with Crippen molar-refractivity contribution in [1.82, 2.24) is 4.90 Å². The number of aryl methyl sites for hydroxylation is 1. The second-order valence-electron chi connectivity index (χ2n) is 4.78. The molecule has 0 bridgehead atoms. The second-order valence-corrected chi connectivity index (χ2v) is 4.78. The molecule has 0 amide bonds. The molecule has 3 heteroatoms. The van der Waals surface area contributed by atoms with Crippen molar-refractivity contribution in [2.24, 2.45) is 0 Å². The van der Waals surface area contributed by atoms with Crippen LogP contribution in [-0.2, 0) is 11.2 Å². The molecule has 0 aliphatic heterocycles. The van der Waals surface area contributed by atoms with E-state index in [1.807, 2.05) is 11.8 Å². The Kier molecular flexibility index (Phi) is 6.30. The first kappa shape index (κ1) is 15.4. The molecular formula is C16H23NO2. The third-order valence-corrected chi connectivity index (χ3v) is 3.25. The van der Waals surface area contributed by atoms with Gasteiger partial charge in [-0.1, -0.05) is 43.7 Å². The second kappa shape index (κ2) is 7.74. The fourth-order valence-corrected chi connectivity index (χ4v) is 2.16. The first-order chi connectivity index (χ1) is 9.08. The molecule has 1 aromatic carbocycles. The number of hydrogen-bond acceptors (Lipinski definition) is 2. The number of rotatable bonds is 8. The van der Waals surface area contributed by atoms with Gasteiger partial charge in [0.2, 0.25) is 0 Å². The molecule has 0 aliphatic rings. The Morgan fingerprint density at radius 3 is 2.53 bits per heavy atom.